The van der Waals surface area contributed by atoms with Gasteiger partial charge >= 0.3 is 0 Å². The highest BCUT2D eigenvalue weighted by molar-refractivity contribution is 5.51. The van der Waals surface area contributed by atoms with Crippen molar-refractivity contribution in [2.75, 3.05) is 0 Å². The van der Waals surface area contributed by atoms with Gasteiger partial charge in [-0.25, -0.2) is 0 Å². The first-order chi connectivity index (χ1) is 11.4. The van der Waals surface area contributed by atoms with Gasteiger partial charge in [0.1, 0.15) is 5.60 Å². The van der Waals surface area contributed by atoms with Gasteiger partial charge in [0.05, 0.1) is 5.48 Å². The summed E-state index contributed by atoms with van der Waals surface area (Å²) < 4.78 is 41.6. The fourth-order valence-electron chi connectivity index (χ4n) is 5.52. The summed E-state index contributed by atoms with van der Waals surface area (Å²) in [5.41, 5.74) is -0.816. The number of hydrogen-bond acceptors (Lipinski definition) is 1. The molecule has 2 bridgehead atoms. The molecule has 4 aliphatic rings. The van der Waals surface area contributed by atoms with Crippen molar-refractivity contribution in [2.24, 2.45) is 17.3 Å². The maximum Gasteiger partial charge on any atom is 0.103 e. The van der Waals surface area contributed by atoms with Gasteiger partial charge in [-0.15, -0.1) is 0 Å². The molecule has 1 nitrogen and oxygen atoms in total. The minimum absolute atomic E-state index is 0.0148. The van der Waals surface area contributed by atoms with Crippen LogP contribution >= 0.6 is 0 Å². The molecule has 1 N–H and O–H groups in total. The summed E-state index contributed by atoms with van der Waals surface area (Å²) in [6, 6.07) is -0.559. The Morgan fingerprint density at radius 1 is 1.21 bits per heavy atom. The lowest BCUT2D eigenvalue weighted by Crippen LogP contribution is -2.48. The quantitative estimate of drug-likeness (QED) is 0.702. The van der Waals surface area contributed by atoms with Crippen LogP contribution in [0.2, 0.25) is 0 Å². The van der Waals surface area contributed by atoms with Crippen molar-refractivity contribution in [2.45, 2.75) is 43.6 Å². The van der Waals surface area contributed by atoms with E-state index in [-0.39, 0.29) is 41.9 Å². The van der Waals surface area contributed by atoms with Crippen molar-refractivity contribution >= 4 is 0 Å². The second kappa shape index (κ2) is 3.15. The number of hydrogen-bond donors (Lipinski definition) is 1. The highest BCUT2D eigenvalue weighted by atomic mass is 16.3. The van der Waals surface area contributed by atoms with Gasteiger partial charge in [0.15, 0.2) is 0 Å². The van der Waals surface area contributed by atoms with Gasteiger partial charge in [-0.2, -0.15) is 0 Å². The molecule has 0 saturated heterocycles. The van der Waals surface area contributed by atoms with E-state index in [1.165, 1.54) is 0 Å². The Morgan fingerprint density at radius 3 is 3.00 bits per heavy atom. The summed E-state index contributed by atoms with van der Waals surface area (Å²) in [5, 5.41) is 11.9. The Bertz CT molecular complexity index is 805. The van der Waals surface area contributed by atoms with Crippen molar-refractivity contribution in [1.82, 2.24) is 0 Å². The van der Waals surface area contributed by atoms with E-state index in [9.17, 15) is 5.11 Å². The van der Waals surface area contributed by atoms with Crippen molar-refractivity contribution in [1.29, 1.82) is 0 Å². The summed E-state index contributed by atoms with van der Waals surface area (Å²) in [5.74, 6) is -0.503. The van der Waals surface area contributed by atoms with Crippen LogP contribution in [0, 0.1) is 17.3 Å². The van der Waals surface area contributed by atoms with E-state index in [2.05, 4.69) is 6.08 Å². The van der Waals surface area contributed by atoms with Gasteiger partial charge < -0.3 is 5.11 Å². The number of fused-ring (bicyclic) bond motifs is 6. The standard InChI is InChI=1S/C18H20O/c19-18-13-9-8-12(11-13)17(18)10-4-3-6-15(17)14-5-1-2-7-16(14)18/h1-2,5,7-9,12-13,15,19H,3-4,6,10-11H2/t12-,13+,15+,17-,18-/m1/s1/i1D,2D,5D,7D,11D/t11?,12-,13+,15+,17-,18-. The SMILES string of the molecule is [2H]c1c([2H])c([2H])c2c(c1[2H])[C@@H]1CCCC[C@@]13[C@@H]1C=C[C@@H](C1[2H])[C@@]23O. The molecule has 6 atom stereocenters. The van der Waals surface area contributed by atoms with Gasteiger partial charge in [0.2, 0.25) is 0 Å². The summed E-state index contributed by atoms with van der Waals surface area (Å²) >= 11 is 0. The average molecular weight is 257 g/mol. The second-order valence-corrected chi connectivity index (χ2v) is 6.52. The summed E-state index contributed by atoms with van der Waals surface area (Å²) in [4.78, 5) is 0. The fourth-order valence-corrected chi connectivity index (χ4v) is 5.52. The van der Waals surface area contributed by atoms with E-state index < -0.39 is 17.4 Å². The average Bonchev–Trinajstić information content (AvgIpc) is 3.12. The van der Waals surface area contributed by atoms with Crippen LogP contribution in [0.25, 0.3) is 0 Å². The van der Waals surface area contributed by atoms with Crippen LogP contribution in [-0.4, -0.2) is 5.11 Å². The topological polar surface area (TPSA) is 20.2 Å². The van der Waals surface area contributed by atoms with E-state index >= 15 is 0 Å². The molecule has 98 valence electrons. The maximum absolute atomic E-state index is 11.9. The number of allylic oxidation sites excluding steroid dienone is 1. The number of aliphatic hydroxyl groups is 1. The highest BCUT2D eigenvalue weighted by Crippen LogP contribution is 2.76. The third-order valence-electron chi connectivity index (χ3n) is 6.13. The van der Waals surface area contributed by atoms with Crippen LogP contribution in [0.3, 0.4) is 0 Å². The van der Waals surface area contributed by atoms with Crippen LogP contribution in [0.5, 0.6) is 0 Å². The van der Waals surface area contributed by atoms with Gasteiger partial charge in [-0.05, 0) is 42.2 Å². The van der Waals surface area contributed by atoms with Gasteiger partial charge in [0.25, 0.3) is 0 Å². The Kier molecular flexibility index (Phi) is 1.17. The molecule has 0 aliphatic heterocycles. The summed E-state index contributed by atoms with van der Waals surface area (Å²) in [7, 11) is 0. The van der Waals surface area contributed by atoms with Gasteiger partial charge in [-0.1, -0.05) is 49.2 Å². The minimum Gasteiger partial charge on any atom is -0.384 e. The van der Waals surface area contributed by atoms with Crippen LogP contribution in [0.15, 0.2) is 36.3 Å². The lowest BCUT2D eigenvalue weighted by atomic mass is 9.56. The lowest BCUT2D eigenvalue weighted by Gasteiger charge is -2.50. The minimum atomic E-state index is -1.32. The molecule has 19 heavy (non-hydrogen) atoms. The Morgan fingerprint density at radius 2 is 2.05 bits per heavy atom. The van der Waals surface area contributed by atoms with Gasteiger partial charge in [-0.3, -0.25) is 0 Å². The maximum atomic E-state index is 11.9. The van der Waals surface area contributed by atoms with Crippen LogP contribution in [0.4, 0.5) is 0 Å². The number of rotatable bonds is 0. The fraction of sp³-hybridized carbons (Fsp3) is 0.556. The zero-order chi connectivity index (χ0) is 17.0. The molecule has 5 rings (SSSR count). The molecule has 0 aromatic heterocycles. The monoisotopic (exact) mass is 257 g/mol. The third kappa shape index (κ3) is 0.922. The molecular formula is C18H20O. The number of benzene rings is 1. The first kappa shape index (κ1) is 7.08. The van der Waals surface area contributed by atoms with Crippen LogP contribution in [-0.2, 0) is 5.60 Å². The zero-order valence-corrected chi connectivity index (χ0v) is 10.7. The molecule has 4 aliphatic carbocycles. The van der Waals surface area contributed by atoms with Crippen molar-refractivity contribution in [3.63, 3.8) is 0 Å². The predicted octanol–water partition coefficient (Wildman–Crippen LogP) is 3.74. The zero-order valence-electron chi connectivity index (χ0n) is 15.7. The molecule has 1 heteroatoms. The van der Waals surface area contributed by atoms with Crippen LogP contribution < -0.4 is 0 Å². The Labute approximate surface area is 121 Å². The molecule has 2 saturated carbocycles. The molecule has 0 radical (unpaired) electrons. The van der Waals surface area contributed by atoms with E-state index in [1.54, 1.807) is 0 Å². The molecule has 1 aromatic rings. The Balaban J connectivity index is 1.91. The van der Waals surface area contributed by atoms with Crippen molar-refractivity contribution < 1.29 is 12.0 Å². The van der Waals surface area contributed by atoms with E-state index in [0.29, 0.717) is 11.1 Å². The molecule has 2 fully saturated rings. The smallest absolute Gasteiger partial charge is 0.103 e. The molecule has 0 amide bonds. The van der Waals surface area contributed by atoms with E-state index in [4.69, 9.17) is 6.85 Å². The van der Waals surface area contributed by atoms with E-state index in [1.807, 2.05) is 6.08 Å². The van der Waals surface area contributed by atoms with E-state index in [0.717, 1.165) is 25.7 Å². The molecule has 1 unspecified atom stereocenters. The highest BCUT2D eigenvalue weighted by Gasteiger charge is 2.72. The molecule has 1 spiro atoms. The normalized spacial score (nSPS) is 56.6. The van der Waals surface area contributed by atoms with Crippen molar-refractivity contribution in [3.05, 3.63) is 47.4 Å². The largest absolute Gasteiger partial charge is 0.384 e. The molecule has 0 heterocycles. The lowest BCUT2D eigenvalue weighted by molar-refractivity contribution is -0.114. The first-order valence-electron chi connectivity index (χ1n) is 9.88. The summed E-state index contributed by atoms with van der Waals surface area (Å²) in [6.45, 7) is 0. The third-order valence-corrected chi connectivity index (χ3v) is 6.13. The molecule has 1 aromatic carbocycles. The first-order valence-corrected chi connectivity index (χ1v) is 7.31. The molecular weight excluding hydrogens is 232 g/mol. The second-order valence-electron chi connectivity index (χ2n) is 6.52. The van der Waals surface area contributed by atoms with Crippen molar-refractivity contribution in [3.8, 4) is 0 Å². The van der Waals surface area contributed by atoms with Gasteiger partial charge in [0, 0.05) is 12.7 Å². The summed E-state index contributed by atoms with van der Waals surface area (Å²) in [6.07, 6.45) is 7.19. The predicted molar refractivity (Wildman–Crippen MR) is 74.7 cm³/mol. The Hall–Kier alpha value is -1.08. The van der Waals surface area contributed by atoms with Crippen LogP contribution in [0.1, 0.15) is 56.0 Å².